The third kappa shape index (κ3) is 5.23. The molecule has 0 radical (unpaired) electrons. The largest absolute Gasteiger partial charge is 0.452 e. The number of rotatable bonds is 8. The number of carbonyl (C=O) groups excluding carboxylic acids is 2. The molecular formula is C21H32N2O3. The highest BCUT2D eigenvalue weighted by Crippen LogP contribution is 2.22. The zero-order valence-corrected chi connectivity index (χ0v) is 16.4. The Kier molecular flexibility index (Phi) is 7.95. The molecule has 1 saturated carbocycles. The molecule has 5 heteroatoms. The monoisotopic (exact) mass is 360 g/mol. The predicted octanol–water partition coefficient (Wildman–Crippen LogP) is 3.87. The molecule has 1 aliphatic rings. The van der Waals surface area contributed by atoms with Crippen LogP contribution in [0, 0.1) is 0 Å². The van der Waals surface area contributed by atoms with E-state index in [1.807, 2.05) is 24.0 Å². The number of hydrogen-bond donors (Lipinski definition) is 0. The van der Waals surface area contributed by atoms with Gasteiger partial charge in [0.05, 0.1) is 5.56 Å². The summed E-state index contributed by atoms with van der Waals surface area (Å²) in [6.45, 7) is 8.51. The van der Waals surface area contributed by atoms with Gasteiger partial charge in [-0.2, -0.15) is 0 Å². The Morgan fingerprint density at radius 1 is 0.962 bits per heavy atom. The average molecular weight is 360 g/mol. The SMILES string of the molecule is CCN(CC)c1ccc(C(=O)OCC(=O)N(CC)C2CCCCC2)cc1. The van der Waals surface area contributed by atoms with Gasteiger partial charge in [-0.1, -0.05) is 19.3 Å². The third-order valence-corrected chi connectivity index (χ3v) is 5.23. The summed E-state index contributed by atoms with van der Waals surface area (Å²) in [5.74, 6) is -0.531. The number of likely N-dealkylation sites (N-methyl/N-ethyl adjacent to an activating group) is 1. The summed E-state index contributed by atoms with van der Waals surface area (Å²) in [6, 6.07) is 7.67. The van der Waals surface area contributed by atoms with Crippen molar-refractivity contribution in [1.29, 1.82) is 0 Å². The first-order chi connectivity index (χ1) is 12.6. The van der Waals surface area contributed by atoms with Crippen LogP contribution in [0.25, 0.3) is 0 Å². The van der Waals surface area contributed by atoms with Gasteiger partial charge in [-0.05, 0) is 57.9 Å². The molecule has 0 aliphatic heterocycles. The van der Waals surface area contributed by atoms with Gasteiger partial charge in [0.1, 0.15) is 0 Å². The zero-order chi connectivity index (χ0) is 18.9. The summed E-state index contributed by atoms with van der Waals surface area (Å²) < 4.78 is 5.27. The van der Waals surface area contributed by atoms with Crippen LogP contribution in [0.5, 0.6) is 0 Å². The van der Waals surface area contributed by atoms with Crippen molar-refractivity contribution in [2.75, 3.05) is 31.1 Å². The smallest absolute Gasteiger partial charge is 0.338 e. The number of anilines is 1. The fourth-order valence-corrected chi connectivity index (χ4v) is 3.72. The van der Waals surface area contributed by atoms with Crippen molar-refractivity contribution in [2.24, 2.45) is 0 Å². The summed E-state index contributed by atoms with van der Waals surface area (Å²) in [4.78, 5) is 28.8. The molecule has 0 N–H and O–H groups in total. The maximum Gasteiger partial charge on any atom is 0.338 e. The maximum absolute atomic E-state index is 12.5. The Morgan fingerprint density at radius 2 is 1.58 bits per heavy atom. The highest BCUT2D eigenvalue weighted by Gasteiger charge is 2.24. The van der Waals surface area contributed by atoms with E-state index in [1.54, 1.807) is 12.1 Å². The van der Waals surface area contributed by atoms with Gasteiger partial charge >= 0.3 is 5.97 Å². The lowest BCUT2D eigenvalue weighted by Crippen LogP contribution is -2.43. The second-order valence-corrected chi connectivity index (χ2v) is 6.77. The molecule has 1 aromatic carbocycles. The van der Waals surface area contributed by atoms with E-state index in [0.29, 0.717) is 18.2 Å². The number of nitrogens with zero attached hydrogens (tertiary/aromatic N) is 2. The van der Waals surface area contributed by atoms with Crippen molar-refractivity contribution in [1.82, 2.24) is 4.90 Å². The van der Waals surface area contributed by atoms with Crippen LogP contribution in [0.3, 0.4) is 0 Å². The van der Waals surface area contributed by atoms with Crippen LogP contribution in [-0.4, -0.2) is 49.1 Å². The van der Waals surface area contributed by atoms with E-state index in [0.717, 1.165) is 31.6 Å². The van der Waals surface area contributed by atoms with Gasteiger partial charge in [-0.15, -0.1) is 0 Å². The van der Waals surface area contributed by atoms with Crippen molar-refractivity contribution < 1.29 is 14.3 Å². The van der Waals surface area contributed by atoms with Crippen LogP contribution >= 0.6 is 0 Å². The van der Waals surface area contributed by atoms with Crippen molar-refractivity contribution in [3.63, 3.8) is 0 Å². The van der Waals surface area contributed by atoms with Crippen molar-refractivity contribution in [3.8, 4) is 0 Å². The summed E-state index contributed by atoms with van der Waals surface area (Å²) in [6.07, 6.45) is 5.71. The van der Waals surface area contributed by atoms with Gasteiger partial charge in [0, 0.05) is 31.4 Å². The van der Waals surface area contributed by atoms with E-state index in [1.165, 1.54) is 19.3 Å². The topological polar surface area (TPSA) is 49.9 Å². The van der Waals surface area contributed by atoms with Crippen LogP contribution < -0.4 is 4.90 Å². The number of carbonyl (C=O) groups is 2. The van der Waals surface area contributed by atoms with Crippen LogP contribution in [0.1, 0.15) is 63.2 Å². The number of hydrogen-bond acceptors (Lipinski definition) is 4. The molecule has 5 nitrogen and oxygen atoms in total. The highest BCUT2D eigenvalue weighted by molar-refractivity contribution is 5.91. The Morgan fingerprint density at radius 3 is 2.12 bits per heavy atom. The summed E-state index contributed by atoms with van der Waals surface area (Å²) in [7, 11) is 0. The second kappa shape index (κ2) is 10.2. The Hall–Kier alpha value is -2.04. The van der Waals surface area contributed by atoms with Gasteiger partial charge in [0.2, 0.25) is 0 Å². The predicted molar refractivity (Wildman–Crippen MR) is 105 cm³/mol. The lowest BCUT2D eigenvalue weighted by molar-refractivity contribution is -0.137. The molecule has 0 unspecified atom stereocenters. The molecule has 0 saturated heterocycles. The molecule has 1 fully saturated rings. The minimum absolute atomic E-state index is 0.0903. The molecule has 0 atom stereocenters. The Bertz CT molecular complexity index is 575. The number of amides is 1. The Labute approximate surface area is 157 Å². The normalized spacial score (nSPS) is 14.7. The minimum Gasteiger partial charge on any atom is -0.452 e. The zero-order valence-electron chi connectivity index (χ0n) is 16.4. The minimum atomic E-state index is -0.441. The van der Waals surface area contributed by atoms with Crippen LogP contribution in [0.4, 0.5) is 5.69 Å². The molecule has 0 spiro atoms. The lowest BCUT2D eigenvalue weighted by Gasteiger charge is -2.33. The first kappa shape index (κ1) is 20.3. The van der Waals surface area contributed by atoms with E-state index >= 15 is 0 Å². The third-order valence-electron chi connectivity index (χ3n) is 5.23. The fraction of sp³-hybridized carbons (Fsp3) is 0.619. The summed E-state index contributed by atoms with van der Waals surface area (Å²) >= 11 is 0. The van der Waals surface area contributed by atoms with Crippen molar-refractivity contribution in [2.45, 2.75) is 58.9 Å². The summed E-state index contributed by atoms with van der Waals surface area (Å²) in [5, 5.41) is 0. The van der Waals surface area contributed by atoms with Gasteiger partial charge < -0.3 is 14.5 Å². The van der Waals surface area contributed by atoms with E-state index in [2.05, 4.69) is 18.7 Å². The average Bonchev–Trinajstić information content (AvgIpc) is 2.69. The molecule has 144 valence electrons. The molecule has 0 bridgehead atoms. The van der Waals surface area contributed by atoms with Crippen LogP contribution in [-0.2, 0) is 9.53 Å². The summed E-state index contributed by atoms with van der Waals surface area (Å²) in [5.41, 5.74) is 1.56. The molecule has 26 heavy (non-hydrogen) atoms. The quantitative estimate of drug-likeness (QED) is 0.660. The van der Waals surface area contributed by atoms with E-state index in [-0.39, 0.29) is 12.5 Å². The van der Waals surface area contributed by atoms with Gasteiger partial charge in [0.25, 0.3) is 5.91 Å². The molecule has 1 amide bonds. The fourth-order valence-electron chi connectivity index (χ4n) is 3.72. The molecule has 1 aliphatic carbocycles. The highest BCUT2D eigenvalue weighted by atomic mass is 16.5. The molecule has 1 aromatic rings. The number of ether oxygens (including phenoxy) is 1. The van der Waals surface area contributed by atoms with E-state index in [9.17, 15) is 9.59 Å². The number of esters is 1. The van der Waals surface area contributed by atoms with Crippen molar-refractivity contribution >= 4 is 17.6 Å². The Balaban J connectivity index is 1.89. The van der Waals surface area contributed by atoms with Gasteiger partial charge in [-0.3, -0.25) is 4.79 Å². The molecule has 2 rings (SSSR count). The van der Waals surface area contributed by atoms with Gasteiger partial charge in [0.15, 0.2) is 6.61 Å². The van der Waals surface area contributed by atoms with Gasteiger partial charge in [-0.25, -0.2) is 4.79 Å². The maximum atomic E-state index is 12.5. The molecule has 0 heterocycles. The number of benzene rings is 1. The van der Waals surface area contributed by atoms with E-state index in [4.69, 9.17) is 4.74 Å². The molecular weight excluding hydrogens is 328 g/mol. The first-order valence-electron chi connectivity index (χ1n) is 9.92. The molecule has 0 aromatic heterocycles. The van der Waals surface area contributed by atoms with Crippen LogP contribution in [0.2, 0.25) is 0 Å². The first-order valence-corrected chi connectivity index (χ1v) is 9.92. The van der Waals surface area contributed by atoms with Crippen molar-refractivity contribution in [3.05, 3.63) is 29.8 Å². The van der Waals surface area contributed by atoms with E-state index < -0.39 is 5.97 Å². The lowest BCUT2D eigenvalue weighted by atomic mass is 9.94. The van der Waals surface area contributed by atoms with Crippen LogP contribution in [0.15, 0.2) is 24.3 Å². The second-order valence-electron chi connectivity index (χ2n) is 6.77. The standard InChI is InChI=1S/C21H32N2O3/c1-4-22(5-2)18-14-12-17(13-15-18)21(25)26-16-20(24)23(6-3)19-10-8-7-9-11-19/h12-15,19H,4-11,16H2,1-3H3.